The molecule has 13 nitrogen and oxygen atoms in total. The lowest BCUT2D eigenvalue weighted by atomic mass is 9.85. The molecule has 5 atom stereocenters. The van der Waals surface area contributed by atoms with Crippen LogP contribution in [0, 0.1) is 11.3 Å². The number of nitrogens with zero attached hydrogens (tertiary/aromatic N) is 1. The Morgan fingerprint density at radius 2 is 1.63 bits per heavy atom. The van der Waals surface area contributed by atoms with Gasteiger partial charge in [-0.25, -0.2) is 13.2 Å². The Balaban J connectivity index is 1.59. The summed E-state index contributed by atoms with van der Waals surface area (Å²) in [6.45, 7) is 10.9. The van der Waals surface area contributed by atoms with Crippen LogP contribution >= 0.6 is 0 Å². The number of nitrogens with one attached hydrogen (secondary N) is 4. The largest absolute Gasteiger partial charge is 0.450 e. The molecule has 51 heavy (non-hydrogen) atoms. The first-order valence-corrected chi connectivity index (χ1v) is 19.7. The van der Waals surface area contributed by atoms with E-state index in [4.69, 9.17) is 4.74 Å². The number of aryl methyl sites for hydroxylation is 2. The SMILES string of the molecule is C=C[C@H](C)C(NC(=O)[C@@H]1C[C@@H]2CN1C(=O)[C@H](C(C)(C)C)NC(=O)OCCCCCCCc1ccccc1CCC(=O)N2)C(=O)NS(=O)(=O)C1CC1. The normalized spacial score (nSPS) is 24.4. The molecule has 1 unspecified atom stereocenters. The molecule has 282 valence electrons. The first-order chi connectivity index (χ1) is 24.1. The van der Waals surface area contributed by atoms with E-state index in [2.05, 4.69) is 33.3 Å². The maximum absolute atomic E-state index is 14.3. The van der Waals surface area contributed by atoms with Crippen molar-refractivity contribution in [1.29, 1.82) is 0 Å². The summed E-state index contributed by atoms with van der Waals surface area (Å²) in [5, 5.41) is 7.73. The van der Waals surface area contributed by atoms with Crippen molar-refractivity contribution in [2.45, 2.75) is 128 Å². The minimum absolute atomic E-state index is 0.0213. The zero-order valence-corrected chi connectivity index (χ0v) is 31.2. The fraction of sp³-hybridized carbons (Fsp3) is 0.649. The minimum Gasteiger partial charge on any atom is -0.450 e. The molecule has 1 aromatic rings. The van der Waals surface area contributed by atoms with Crippen LogP contribution in [-0.2, 0) is 46.8 Å². The monoisotopic (exact) mass is 729 g/mol. The zero-order chi connectivity index (χ0) is 37.3. The van der Waals surface area contributed by atoms with E-state index in [1.54, 1.807) is 27.7 Å². The van der Waals surface area contributed by atoms with Gasteiger partial charge in [-0.3, -0.25) is 23.9 Å². The van der Waals surface area contributed by atoms with Crippen molar-refractivity contribution < 1.29 is 37.1 Å². The van der Waals surface area contributed by atoms with Gasteiger partial charge in [0.2, 0.25) is 27.7 Å². The van der Waals surface area contributed by atoms with Crippen LogP contribution in [0.3, 0.4) is 0 Å². The molecule has 2 aliphatic heterocycles. The standard InChI is InChI=1S/C37H55N5O8S/c1-6-24(2)31(34(45)41-51(48,49)28-18-19-28)39-33(44)29-22-27-23-42(29)35(46)32(37(3,4)5)40-36(47)50-21-13-9-7-8-10-14-25-15-11-12-16-26(25)17-20-30(43)38-27/h6,11-12,15-16,24,27-29,31-32H,1,7-10,13-14,17-23H2,2-5H3,(H,38,43)(H,39,44)(H,40,47)(H,41,45)/t24-,27+,29-,31?,32+/m0/s1. The molecule has 0 radical (unpaired) electrons. The van der Waals surface area contributed by atoms with Crippen LogP contribution in [0.5, 0.6) is 0 Å². The highest BCUT2D eigenvalue weighted by atomic mass is 32.2. The number of cyclic esters (lactones) is 1. The molecule has 1 saturated carbocycles. The molecule has 1 aliphatic carbocycles. The molecule has 4 N–H and O–H groups in total. The molecule has 5 amide bonds. The van der Waals surface area contributed by atoms with E-state index < -0.39 is 74.6 Å². The number of benzene rings is 1. The van der Waals surface area contributed by atoms with Gasteiger partial charge in [-0.05, 0) is 61.5 Å². The second kappa shape index (κ2) is 17.5. The highest BCUT2D eigenvalue weighted by Crippen LogP contribution is 2.29. The number of rotatable bonds is 7. The van der Waals surface area contributed by atoms with Crippen LogP contribution in [0.1, 0.15) is 96.6 Å². The molecular formula is C37H55N5O8S. The number of fused-ring (bicyclic) bond motifs is 3. The van der Waals surface area contributed by atoms with Crippen LogP contribution in [0.4, 0.5) is 4.79 Å². The summed E-state index contributed by atoms with van der Waals surface area (Å²) in [4.78, 5) is 69.1. The van der Waals surface area contributed by atoms with Crippen molar-refractivity contribution in [3.8, 4) is 0 Å². The van der Waals surface area contributed by atoms with E-state index in [0.29, 0.717) is 25.7 Å². The van der Waals surface area contributed by atoms with Crippen molar-refractivity contribution in [3.05, 3.63) is 48.0 Å². The number of alkyl carbamates (subject to hydrolysis) is 1. The lowest BCUT2D eigenvalue weighted by molar-refractivity contribution is -0.142. The van der Waals surface area contributed by atoms with Gasteiger partial charge in [0.1, 0.15) is 18.1 Å². The maximum Gasteiger partial charge on any atom is 0.407 e. The molecule has 2 bridgehead atoms. The van der Waals surface area contributed by atoms with Crippen molar-refractivity contribution in [1.82, 2.24) is 25.6 Å². The van der Waals surface area contributed by atoms with Crippen LogP contribution in [0.25, 0.3) is 0 Å². The minimum atomic E-state index is -3.90. The molecule has 4 rings (SSSR count). The van der Waals surface area contributed by atoms with E-state index in [-0.39, 0.29) is 31.9 Å². The first-order valence-electron chi connectivity index (χ1n) is 18.2. The van der Waals surface area contributed by atoms with E-state index >= 15 is 0 Å². The quantitative estimate of drug-likeness (QED) is 0.309. The predicted octanol–water partition coefficient (Wildman–Crippen LogP) is 3.27. The number of ether oxygens (including phenoxy) is 1. The molecule has 2 heterocycles. The van der Waals surface area contributed by atoms with Gasteiger partial charge in [-0.15, -0.1) is 6.58 Å². The molecule has 14 heteroatoms. The number of carbonyl (C=O) groups excluding carboxylic acids is 5. The number of hydrogen-bond acceptors (Lipinski definition) is 8. The Kier molecular flexibility index (Phi) is 13.7. The third-order valence-electron chi connectivity index (χ3n) is 9.87. The van der Waals surface area contributed by atoms with Gasteiger partial charge in [-0.1, -0.05) is 77.3 Å². The number of amides is 5. The van der Waals surface area contributed by atoms with Gasteiger partial charge in [0.15, 0.2) is 0 Å². The van der Waals surface area contributed by atoms with E-state index in [9.17, 15) is 32.4 Å². The summed E-state index contributed by atoms with van der Waals surface area (Å²) in [6.07, 6.45) is 7.88. The number of carbonyl (C=O) groups is 5. The fourth-order valence-electron chi connectivity index (χ4n) is 6.60. The molecular weight excluding hydrogens is 675 g/mol. The summed E-state index contributed by atoms with van der Waals surface area (Å²) in [7, 11) is -3.90. The third kappa shape index (κ3) is 11.3. The Bertz CT molecular complexity index is 1550. The lowest BCUT2D eigenvalue weighted by Gasteiger charge is -2.35. The Hall–Kier alpha value is -3.94. The van der Waals surface area contributed by atoms with Crippen LogP contribution in [0.2, 0.25) is 0 Å². The fourth-order valence-corrected chi connectivity index (χ4v) is 7.93. The zero-order valence-electron chi connectivity index (χ0n) is 30.4. The van der Waals surface area contributed by atoms with Gasteiger partial charge in [-0.2, -0.15) is 0 Å². The highest BCUT2D eigenvalue weighted by molar-refractivity contribution is 7.90. The molecule has 2 fully saturated rings. The summed E-state index contributed by atoms with van der Waals surface area (Å²) in [5.74, 6) is -3.04. The van der Waals surface area contributed by atoms with Gasteiger partial charge < -0.3 is 25.6 Å². The van der Waals surface area contributed by atoms with Gasteiger partial charge in [0.05, 0.1) is 11.9 Å². The lowest BCUT2D eigenvalue weighted by Crippen LogP contribution is -2.60. The van der Waals surface area contributed by atoms with Crippen LogP contribution in [-0.4, -0.2) is 85.6 Å². The summed E-state index contributed by atoms with van der Waals surface area (Å²) in [5.41, 5.74) is 1.52. The number of hydrogen-bond donors (Lipinski definition) is 4. The van der Waals surface area contributed by atoms with E-state index in [0.717, 1.165) is 37.7 Å². The van der Waals surface area contributed by atoms with Gasteiger partial charge >= 0.3 is 6.09 Å². The smallest absolute Gasteiger partial charge is 0.407 e. The Labute approximate surface area is 302 Å². The molecule has 0 aromatic heterocycles. The second-order valence-electron chi connectivity index (χ2n) is 15.2. The Morgan fingerprint density at radius 1 is 0.980 bits per heavy atom. The molecule has 3 aliphatic rings. The van der Waals surface area contributed by atoms with Gasteiger partial charge in [0, 0.05) is 24.9 Å². The van der Waals surface area contributed by atoms with Crippen molar-refractivity contribution in [3.63, 3.8) is 0 Å². The van der Waals surface area contributed by atoms with Crippen molar-refractivity contribution in [2.75, 3.05) is 13.2 Å². The average molecular weight is 730 g/mol. The Morgan fingerprint density at radius 3 is 2.27 bits per heavy atom. The third-order valence-corrected chi connectivity index (χ3v) is 11.7. The molecule has 0 spiro atoms. The molecule has 1 aromatic carbocycles. The first kappa shape index (κ1) is 39.8. The van der Waals surface area contributed by atoms with E-state index in [1.165, 1.54) is 16.5 Å². The topological polar surface area (TPSA) is 180 Å². The highest BCUT2D eigenvalue weighted by Gasteiger charge is 2.46. The summed E-state index contributed by atoms with van der Waals surface area (Å²) in [6, 6.07) is 3.96. The van der Waals surface area contributed by atoms with Crippen LogP contribution in [0.15, 0.2) is 36.9 Å². The van der Waals surface area contributed by atoms with Crippen molar-refractivity contribution in [2.24, 2.45) is 11.3 Å². The summed E-state index contributed by atoms with van der Waals surface area (Å²) >= 11 is 0. The van der Waals surface area contributed by atoms with Crippen molar-refractivity contribution >= 4 is 39.7 Å². The van der Waals surface area contributed by atoms with E-state index in [1.807, 2.05) is 18.2 Å². The second-order valence-corrected chi connectivity index (χ2v) is 17.1. The average Bonchev–Trinajstić information content (AvgIpc) is 3.86. The summed E-state index contributed by atoms with van der Waals surface area (Å²) < 4.78 is 32.7. The van der Waals surface area contributed by atoms with Crippen LogP contribution < -0.4 is 20.7 Å². The predicted molar refractivity (Wildman–Crippen MR) is 193 cm³/mol. The van der Waals surface area contributed by atoms with Gasteiger partial charge in [0.25, 0.3) is 5.91 Å². The number of sulfonamides is 1. The molecule has 1 saturated heterocycles. The maximum atomic E-state index is 14.3.